The number of nitrogens with one attached hydrogen (secondary N) is 3. The number of oxime groups is 1. The molecule has 92 heavy (non-hydrogen) atoms. The van der Waals surface area contributed by atoms with Crippen LogP contribution in [0.3, 0.4) is 0 Å². The smallest absolute Gasteiger partial charge is 0.280 e. The molecule has 7 heterocycles. The van der Waals surface area contributed by atoms with Crippen molar-refractivity contribution in [1.29, 1.82) is 0 Å². The third kappa shape index (κ3) is 31.8. The highest BCUT2D eigenvalue weighted by atomic mass is 32.3. The topological polar surface area (TPSA) is 436 Å². The van der Waals surface area contributed by atoms with E-state index < -0.39 is 55.0 Å². The third-order valence-electron chi connectivity index (χ3n) is 10.6. The van der Waals surface area contributed by atoms with Gasteiger partial charge in [-0.05, 0) is 55.3 Å². The van der Waals surface area contributed by atoms with E-state index >= 15 is 0 Å². The van der Waals surface area contributed by atoms with Gasteiger partial charge in [-0.15, -0.1) is 68.0 Å². The highest BCUT2D eigenvalue weighted by molar-refractivity contribution is 8.09. The molecule has 0 spiro atoms. The van der Waals surface area contributed by atoms with Gasteiger partial charge in [-0.2, -0.15) is 3.71 Å². The van der Waals surface area contributed by atoms with Crippen molar-refractivity contribution in [2.45, 2.75) is 99.5 Å². The lowest BCUT2D eigenvalue weighted by atomic mass is 10.2. The minimum atomic E-state index is -3.95. The number of carbonyl (C=O) groups excluding carboxylic acids is 5. The average molecular weight is 1490 g/mol. The second-order valence-corrected chi connectivity index (χ2v) is 33.2. The summed E-state index contributed by atoms with van der Waals surface area (Å²) in [6, 6.07) is 12.7. The van der Waals surface area contributed by atoms with Gasteiger partial charge in [-0.3, -0.25) is 48.3 Å². The molecule has 27 nitrogen and oxygen atoms in total. The first kappa shape index (κ1) is 83.4. The number of anilines is 5. The van der Waals surface area contributed by atoms with E-state index in [1.165, 1.54) is 74.5 Å². The molecule has 7 aromatic heterocycles. The van der Waals surface area contributed by atoms with Gasteiger partial charge in [0.05, 0.1) is 101 Å². The Balaban J connectivity index is 0.000000542. The summed E-state index contributed by atoms with van der Waals surface area (Å²) in [6.07, 6.45) is 9.99. The van der Waals surface area contributed by atoms with Crippen LogP contribution in [-0.4, -0.2) is 118 Å². The molecule has 0 amide bonds. The van der Waals surface area contributed by atoms with E-state index in [0.717, 1.165) is 75.0 Å². The summed E-state index contributed by atoms with van der Waals surface area (Å²) in [6.45, 7) is 12.7. The molecule has 0 aliphatic heterocycles. The number of nitrogen functional groups attached to an aromatic ring is 1. The quantitative estimate of drug-likeness (QED) is 0.0108. The van der Waals surface area contributed by atoms with Crippen molar-refractivity contribution in [3.8, 4) is 0 Å². The zero-order valence-electron chi connectivity index (χ0n) is 52.0. The monoisotopic (exact) mass is 1490 g/mol. The number of carbonyl (C=O) groups is 5. The molecule has 0 aromatic carbocycles. The maximum atomic E-state index is 11.5. The predicted molar refractivity (Wildman–Crippen MR) is 372 cm³/mol. The number of ketones is 5. The highest BCUT2D eigenvalue weighted by Crippen LogP contribution is 2.30. The van der Waals surface area contributed by atoms with Crippen LogP contribution in [0.5, 0.6) is 0 Å². The van der Waals surface area contributed by atoms with Crippen molar-refractivity contribution in [1.82, 2.24) is 0 Å². The Bertz CT molecular complexity index is 4130. The van der Waals surface area contributed by atoms with Crippen LogP contribution in [0.15, 0.2) is 96.6 Å². The molecule has 7 aromatic rings. The van der Waals surface area contributed by atoms with Gasteiger partial charge in [0.25, 0.3) is 5.69 Å². The molecular weight excluding hydrogens is 1420 g/mol. The van der Waals surface area contributed by atoms with Crippen LogP contribution < -0.4 is 29.3 Å². The lowest BCUT2D eigenvalue weighted by Gasteiger charge is -2.17. The third-order valence-corrected chi connectivity index (χ3v) is 21.6. The minimum Gasteiger partial charge on any atom is -0.461 e. The number of thiophene rings is 6. The second kappa shape index (κ2) is 39.2. The molecule has 0 bridgehead atoms. The number of Topliss-reactive ketones (excluding diaryl/α,β-unsaturated/α-hetero) is 5. The summed E-state index contributed by atoms with van der Waals surface area (Å²) in [5.74, 6) is 0.497. The molecule has 0 saturated heterocycles. The molecule has 1 atom stereocenters. The lowest BCUT2D eigenvalue weighted by molar-refractivity contribution is -0.384. The van der Waals surface area contributed by atoms with Crippen LogP contribution in [0.25, 0.3) is 0 Å². The summed E-state index contributed by atoms with van der Waals surface area (Å²) >= 11 is 7.60. The van der Waals surface area contributed by atoms with Crippen LogP contribution in [-0.2, 0) is 50.1 Å². The van der Waals surface area contributed by atoms with Crippen molar-refractivity contribution in [2.24, 2.45) is 10.9 Å². The maximum Gasteiger partial charge on any atom is 0.280 e. The van der Waals surface area contributed by atoms with Crippen molar-refractivity contribution >= 4 is 187 Å². The molecular formula is C54H74N8O19S11. The molecule has 1 unspecified atom stereocenters. The minimum absolute atomic E-state index is 0.00296. The van der Waals surface area contributed by atoms with Gasteiger partial charge < -0.3 is 21.1 Å². The van der Waals surface area contributed by atoms with E-state index in [0.29, 0.717) is 84.7 Å². The molecule has 0 aliphatic rings. The van der Waals surface area contributed by atoms with Crippen LogP contribution in [0, 0.1) is 10.1 Å². The van der Waals surface area contributed by atoms with Gasteiger partial charge >= 0.3 is 0 Å². The van der Waals surface area contributed by atoms with Crippen molar-refractivity contribution < 1.29 is 80.6 Å². The van der Waals surface area contributed by atoms with Crippen molar-refractivity contribution in [3.63, 3.8) is 0 Å². The van der Waals surface area contributed by atoms with Gasteiger partial charge in [0.15, 0.2) is 34.7 Å². The molecule has 0 saturated carbocycles. The first-order chi connectivity index (χ1) is 42.6. The molecule has 8 N–H and O–H groups in total. The number of sulfonamides is 5. The molecule has 38 heteroatoms. The number of nitrogens with zero attached hydrogens (tertiary/aromatic N) is 3. The van der Waals surface area contributed by atoms with Gasteiger partial charge in [0.2, 0.25) is 50.1 Å². The van der Waals surface area contributed by atoms with Crippen molar-refractivity contribution in [2.75, 3.05) is 54.9 Å². The Labute approximate surface area is 560 Å². The first-order valence-electron chi connectivity index (χ1n) is 26.8. The van der Waals surface area contributed by atoms with Crippen LogP contribution >= 0.6 is 68.0 Å². The number of hydrogen-bond acceptors (Lipinski definition) is 28. The summed E-state index contributed by atoms with van der Waals surface area (Å²) in [7, 11) is -17.6. The maximum absolute atomic E-state index is 11.5. The Morgan fingerprint density at radius 2 is 0.946 bits per heavy atom. The summed E-state index contributed by atoms with van der Waals surface area (Å²) in [5.41, 5.74) is 14.0. The Hall–Kier alpha value is -6.59. The predicted octanol–water partition coefficient (Wildman–Crippen LogP) is 12.1. The molecule has 0 radical (unpaired) electrons. The summed E-state index contributed by atoms with van der Waals surface area (Å²) in [4.78, 5) is 69.1. The largest absolute Gasteiger partial charge is 0.461 e. The molecule has 0 fully saturated rings. The SMILES string of the molecule is CC/C(=N/O)c1cc(NS(C)(=O)=O)cs1.CCC(=O)c1cc(N(S(C)(=O)=O)S(C)(=O)=O)cs1.CCC(=O)c1cc(N)cs1.CCC(=O)c1cc(NS(C)(=O)=O)cs1.CCC(=O)c1cc([N+](=O)[O-])cs1.CCC(=O)c1ccco1.CCC(N)c1cc(NS(C)(=O)=O)cs1. The van der Waals surface area contributed by atoms with Gasteiger partial charge in [0.1, 0.15) is 0 Å². The van der Waals surface area contributed by atoms with E-state index in [4.69, 9.17) is 21.1 Å². The fourth-order valence-electron chi connectivity index (χ4n) is 6.39. The van der Waals surface area contributed by atoms with Crippen LogP contribution in [0.1, 0.15) is 158 Å². The Morgan fingerprint density at radius 1 is 0.554 bits per heavy atom. The molecule has 7 rings (SSSR count). The van der Waals surface area contributed by atoms with Crippen LogP contribution in [0.4, 0.5) is 34.1 Å². The number of hydrogen-bond donors (Lipinski definition) is 6. The van der Waals surface area contributed by atoms with Crippen molar-refractivity contribution in [3.05, 3.63) is 132 Å². The highest BCUT2D eigenvalue weighted by Gasteiger charge is 2.29. The number of nitro groups is 1. The Kier molecular flexibility index (Phi) is 35.5. The fraction of sp³-hybridized carbons (Fsp3) is 0.370. The fourth-order valence-corrected chi connectivity index (χ4v) is 16.6. The van der Waals surface area contributed by atoms with Gasteiger partial charge in [-0.1, -0.05) is 53.6 Å². The normalized spacial score (nSPS) is 11.6. The van der Waals surface area contributed by atoms with E-state index in [9.17, 15) is 76.2 Å². The molecule has 0 aliphatic carbocycles. The lowest BCUT2D eigenvalue weighted by Crippen LogP contribution is -2.34. The number of nitrogens with two attached hydrogens (primary N) is 2. The van der Waals surface area contributed by atoms with E-state index in [1.54, 1.807) is 78.7 Å². The average Bonchev–Trinajstić information content (AvgIpc) is 1.68. The summed E-state index contributed by atoms with van der Waals surface area (Å²) < 4.78 is 124. The first-order valence-corrected chi connectivity index (χ1v) is 41.5. The van der Waals surface area contributed by atoms with Gasteiger partial charge in [-0.25, -0.2) is 42.1 Å². The standard InChI is InChI=1S/C9H13NO5S3.C8H12N2O3S2.C8H14N2O2S2.C8H11NO3S2.C7H7NO3S.C7H9NOS.C7H8O2/c1-4-8(11)9-5-7(6-16-9)10(17(2,12)13)18(3,14)15;1-3-7(9-11)8-4-6(5-14-8)10-15(2,12)13;1-3-7(9)8-4-6(5-13-8)10-14(2,11)12;1-3-7(10)8-4-6(5-13-8)9-14(2,11)12;1-2-6(9)7-3-5(4-12-7)8(10)11;1-2-6(9)7-3-5(8)4-10-7;1-2-6(8)7-4-3-5-9-7/h5-6H,4H2,1-3H3;4-5,10-11H,3H2,1-2H3;4-5,7,10H,3,9H2,1-2H3;4-5,9H,3H2,1-2H3;3-4H,2H2,1H3;3-4H,2,8H2,1H3;3-5H,2H2,1H3/b;9-7-;;;;;. The second-order valence-electron chi connectivity index (χ2n) is 18.6. The number of rotatable bonds is 24. The molecule has 510 valence electrons. The zero-order valence-corrected chi connectivity index (χ0v) is 61.0. The van der Waals surface area contributed by atoms with Crippen LogP contribution in [0.2, 0.25) is 0 Å². The van der Waals surface area contributed by atoms with E-state index in [1.807, 2.05) is 27.7 Å². The zero-order chi connectivity index (χ0) is 70.5. The number of furan rings is 1. The van der Waals surface area contributed by atoms with E-state index in [-0.39, 0.29) is 52.8 Å². The summed E-state index contributed by atoms with van der Waals surface area (Å²) in [5, 5.41) is 31.6. The Morgan fingerprint density at radius 3 is 1.32 bits per heavy atom. The van der Waals surface area contributed by atoms with Gasteiger partial charge in [0, 0.05) is 81.7 Å². The van der Waals surface area contributed by atoms with E-state index in [2.05, 4.69) is 19.3 Å².